The summed E-state index contributed by atoms with van der Waals surface area (Å²) < 4.78 is 18.6. The Morgan fingerprint density at radius 1 is 1.15 bits per heavy atom. The standard InChI is InChI=1S/C31H34N6O4/c1-2-39-15-13-22-16-23-17-33-31(35-25-9-11-26(12-10-25)40-27-8-5-14-32-19-27)36-29(23)37(30(22)38)20-24-18-34-41-28(24)21-6-3-4-7-21/h9-12,16-18,21,27,32H,2-8,14,19-20H2,1H3,(H,33,35,36). The fourth-order valence-corrected chi connectivity index (χ4v) is 5.56. The Morgan fingerprint density at radius 3 is 2.78 bits per heavy atom. The van der Waals surface area contributed by atoms with E-state index in [0.717, 1.165) is 61.5 Å². The van der Waals surface area contributed by atoms with E-state index in [0.29, 0.717) is 35.1 Å². The number of rotatable bonds is 8. The predicted molar refractivity (Wildman–Crippen MR) is 155 cm³/mol. The number of anilines is 2. The molecular weight excluding hydrogens is 520 g/mol. The number of ether oxygens (including phenoxy) is 2. The summed E-state index contributed by atoms with van der Waals surface area (Å²) in [7, 11) is 0. The van der Waals surface area contributed by atoms with Crippen molar-refractivity contribution in [2.24, 2.45) is 0 Å². The first-order valence-corrected chi connectivity index (χ1v) is 14.4. The molecule has 0 bridgehead atoms. The molecule has 1 aliphatic carbocycles. The van der Waals surface area contributed by atoms with Gasteiger partial charge in [0.25, 0.3) is 5.56 Å². The van der Waals surface area contributed by atoms with E-state index in [4.69, 9.17) is 19.0 Å². The van der Waals surface area contributed by atoms with Crippen LogP contribution in [0.15, 0.2) is 52.0 Å². The van der Waals surface area contributed by atoms with Gasteiger partial charge in [-0.15, -0.1) is 0 Å². The van der Waals surface area contributed by atoms with Crippen LogP contribution in [0.1, 0.15) is 68.3 Å². The van der Waals surface area contributed by atoms with Crippen molar-refractivity contribution in [1.29, 1.82) is 0 Å². The molecule has 212 valence electrons. The molecule has 41 heavy (non-hydrogen) atoms. The summed E-state index contributed by atoms with van der Waals surface area (Å²) in [6.45, 7) is 4.46. The van der Waals surface area contributed by atoms with E-state index in [2.05, 4.69) is 32.8 Å². The van der Waals surface area contributed by atoms with Crippen molar-refractivity contribution >= 4 is 22.7 Å². The topological polar surface area (TPSA) is 116 Å². The molecule has 1 aromatic carbocycles. The summed E-state index contributed by atoms with van der Waals surface area (Å²) in [4.78, 5) is 22.9. The summed E-state index contributed by atoms with van der Waals surface area (Å²) in [6.07, 6.45) is 12.8. The second-order valence-electron chi connectivity index (χ2n) is 10.5. The van der Waals surface area contributed by atoms with Crippen LogP contribution in [0.5, 0.6) is 5.75 Å². The molecule has 1 atom stereocenters. The van der Waals surface area contributed by atoms with Crippen molar-refractivity contribution < 1.29 is 14.0 Å². The van der Waals surface area contributed by atoms with Crippen molar-refractivity contribution in [3.63, 3.8) is 0 Å². The number of fused-ring (bicyclic) bond motifs is 1. The second kappa shape index (κ2) is 12.4. The molecule has 0 radical (unpaired) electrons. The molecule has 10 nitrogen and oxygen atoms in total. The summed E-state index contributed by atoms with van der Waals surface area (Å²) in [6, 6.07) is 9.45. The quantitative estimate of drug-likeness (QED) is 0.299. The Balaban J connectivity index is 1.30. The Morgan fingerprint density at radius 2 is 2.00 bits per heavy atom. The van der Waals surface area contributed by atoms with Gasteiger partial charge in [-0.05, 0) is 75.4 Å². The fourth-order valence-electron chi connectivity index (χ4n) is 5.56. The number of aromatic nitrogens is 4. The zero-order valence-electron chi connectivity index (χ0n) is 23.2. The van der Waals surface area contributed by atoms with Crippen LogP contribution < -0.4 is 20.9 Å². The fraction of sp³-hybridized carbons (Fsp3) is 0.419. The predicted octanol–water partition coefficient (Wildman–Crippen LogP) is 4.71. The minimum absolute atomic E-state index is 0.186. The van der Waals surface area contributed by atoms with Crippen LogP contribution in [-0.2, 0) is 11.3 Å². The van der Waals surface area contributed by atoms with Crippen LogP contribution in [0, 0.1) is 12.0 Å². The zero-order chi connectivity index (χ0) is 28.0. The first-order chi connectivity index (χ1) is 20.2. The van der Waals surface area contributed by atoms with E-state index in [-0.39, 0.29) is 18.2 Å². The van der Waals surface area contributed by atoms with Crippen molar-refractivity contribution in [2.75, 3.05) is 25.0 Å². The average Bonchev–Trinajstić information content (AvgIpc) is 3.69. The minimum Gasteiger partial charge on any atom is -0.489 e. The van der Waals surface area contributed by atoms with Crippen LogP contribution in [-0.4, -0.2) is 45.5 Å². The first kappa shape index (κ1) is 26.8. The van der Waals surface area contributed by atoms with Gasteiger partial charge in [-0.2, -0.15) is 4.98 Å². The molecule has 2 N–H and O–H groups in total. The molecule has 2 fully saturated rings. The minimum atomic E-state index is -0.258. The maximum absolute atomic E-state index is 13.7. The van der Waals surface area contributed by atoms with Crippen molar-refractivity contribution in [3.05, 3.63) is 70.0 Å². The second-order valence-corrected chi connectivity index (χ2v) is 10.5. The third kappa shape index (κ3) is 6.20. The van der Waals surface area contributed by atoms with Gasteiger partial charge in [-0.25, -0.2) is 4.98 Å². The first-order valence-electron chi connectivity index (χ1n) is 14.4. The summed E-state index contributed by atoms with van der Waals surface area (Å²) >= 11 is 0. The summed E-state index contributed by atoms with van der Waals surface area (Å²) in [5, 5.41) is 11.4. The third-order valence-corrected chi connectivity index (χ3v) is 7.62. The van der Waals surface area contributed by atoms with Gasteiger partial charge in [0.15, 0.2) is 0 Å². The molecule has 6 rings (SSSR count). The molecular formula is C31H34N6O4. The zero-order valence-corrected chi connectivity index (χ0v) is 23.2. The molecule has 4 heterocycles. The summed E-state index contributed by atoms with van der Waals surface area (Å²) in [5.74, 6) is 5.23. The maximum atomic E-state index is 13.7. The molecule has 1 saturated heterocycles. The SMILES string of the molecule is CCOC#Cc1cc2cnc(Nc3ccc(OC4CCCNC4)cc3)nc2n(Cc2cnoc2C2CCCC2)c1=O. The van der Waals surface area contributed by atoms with Gasteiger partial charge in [-0.1, -0.05) is 18.0 Å². The Hall–Kier alpha value is -4.36. The van der Waals surface area contributed by atoms with E-state index >= 15 is 0 Å². The molecule has 1 saturated carbocycles. The molecule has 2 aliphatic rings. The van der Waals surface area contributed by atoms with Gasteiger partial charge in [0, 0.05) is 35.3 Å². The molecule has 1 unspecified atom stereocenters. The van der Waals surface area contributed by atoms with E-state index in [9.17, 15) is 4.79 Å². The molecule has 0 spiro atoms. The van der Waals surface area contributed by atoms with Gasteiger partial charge >= 0.3 is 0 Å². The number of hydrogen-bond acceptors (Lipinski definition) is 9. The Kier molecular flexibility index (Phi) is 8.14. The van der Waals surface area contributed by atoms with Crippen LogP contribution >= 0.6 is 0 Å². The lowest BCUT2D eigenvalue weighted by Crippen LogP contribution is -2.37. The highest BCUT2D eigenvalue weighted by atomic mass is 16.5. The van der Waals surface area contributed by atoms with Crippen LogP contribution in [0.3, 0.4) is 0 Å². The molecule has 3 aromatic heterocycles. The Bertz CT molecular complexity index is 1610. The average molecular weight is 555 g/mol. The van der Waals surface area contributed by atoms with E-state index < -0.39 is 0 Å². The van der Waals surface area contributed by atoms with Gasteiger partial charge in [0.1, 0.15) is 29.4 Å². The smallest absolute Gasteiger partial charge is 0.268 e. The largest absolute Gasteiger partial charge is 0.489 e. The van der Waals surface area contributed by atoms with Crippen molar-refractivity contribution in [1.82, 2.24) is 25.0 Å². The molecule has 4 aromatic rings. The van der Waals surface area contributed by atoms with Crippen LogP contribution in [0.4, 0.5) is 11.6 Å². The van der Waals surface area contributed by atoms with Gasteiger partial charge < -0.3 is 24.6 Å². The highest BCUT2D eigenvalue weighted by Crippen LogP contribution is 2.36. The van der Waals surface area contributed by atoms with Crippen LogP contribution in [0.25, 0.3) is 11.0 Å². The van der Waals surface area contributed by atoms with E-state index in [1.807, 2.05) is 31.2 Å². The van der Waals surface area contributed by atoms with E-state index in [1.54, 1.807) is 23.0 Å². The van der Waals surface area contributed by atoms with Crippen molar-refractivity contribution in [3.8, 4) is 17.8 Å². The number of nitrogens with one attached hydrogen (secondary N) is 2. The lowest BCUT2D eigenvalue weighted by Gasteiger charge is -2.24. The number of nitrogens with zero attached hydrogens (tertiary/aromatic N) is 4. The van der Waals surface area contributed by atoms with Gasteiger partial charge in [0.05, 0.1) is 24.9 Å². The van der Waals surface area contributed by atoms with Crippen LogP contribution in [0.2, 0.25) is 0 Å². The maximum Gasteiger partial charge on any atom is 0.268 e. The van der Waals surface area contributed by atoms with Gasteiger partial charge in [-0.3, -0.25) is 9.36 Å². The lowest BCUT2D eigenvalue weighted by atomic mass is 10.0. The Labute approximate surface area is 238 Å². The monoisotopic (exact) mass is 554 g/mol. The molecule has 10 heteroatoms. The third-order valence-electron chi connectivity index (χ3n) is 7.62. The summed E-state index contributed by atoms with van der Waals surface area (Å²) in [5.41, 5.74) is 2.25. The normalized spacial score (nSPS) is 17.2. The molecule has 1 aliphatic heterocycles. The van der Waals surface area contributed by atoms with Gasteiger partial charge in [0.2, 0.25) is 5.95 Å². The molecule has 0 amide bonds. The van der Waals surface area contributed by atoms with Crippen molar-refractivity contribution in [2.45, 2.75) is 64.0 Å². The van der Waals surface area contributed by atoms with E-state index in [1.165, 1.54) is 12.8 Å². The highest BCUT2D eigenvalue weighted by molar-refractivity contribution is 5.77. The number of pyridine rings is 1. The lowest BCUT2D eigenvalue weighted by molar-refractivity contribution is 0.167. The highest BCUT2D eigenvalue weighted by Gasteiger charge is 2.25. The number of hydrogen-bond donors (Lipinski definition) is 2. The number of benzene rings is 1. The number of piperidine rings is 1.